The number of aromatic nitrogens is 2. The lowest BCUT2D eigenvalue weighted by molar-refractivity contribution is -0.384. The number of imidazole rings is 1. The Balaban J connectivity index is 1.81. The van der Waals surface area contributed by atoms with Crippen molar-refractivity contribution in [3.63, 3.8) is 0 Å². The van der Waals surface area contributed by atoms with Crippen LogP contribution < -0.4 is 4.74 Å². The summed E-state index contributed by atoms with van der Waals surface area (Å²) in [6, 6.07) is 10.5. The molecule has 1 aromatic heterocycles. The normalized spacial score (nSPS) is 13.1. The molecule has 2 aromatic carbocycles. The fourth-order valence-electron chi connectivity index (χ4n) is 2.58. The quantitative estimate of drug-likeness (QED) is 0.578. The Labute approximate surface area is 119 Å². The molecule has 1 N–H and O–H groups in total. The third-order valence-electron chi connectivity index (χ3n) is 3.64. The van der Waals surface area contributed by atoms with E-state index in [0.717, 1.165) is 17.7 Å². The van der Waals surface area contributed by atoms with E-state index in [1.165, 1.54) is 17.7 Å². The van der Waals surface area contributed by atoms with Crippen LogP contribution in [0.1, 0.15) is 5.56 Å². The van der Waals surface area contributed by atoms with Gasteiger partial charge in [-0.25, -0.2) is 4.98 Å². The third-order valence-corrected chi connectivity index (χ3v) is 3.64. The number of H-pyrrole nitrogens is 1. The molecule has 1 aliphatic heterocycles. The van der Waals surface area contributed by atoms with Crippen LogP contribution in [0.25, 0.3) is 22.4 Å². The van der Waals surface area contributed by atoms with Crippen molar-refractivity contribution in [1.82, 2.24) is 9.97 Å². The minimum Gasteiger partial charge on any atom is -0.493 e. The number of non-ortho nitro benzene ring substituents is 1. The zero-order valence-electron chi connectivity index (χ0n) is 11.0. The fourth-order valence-corrected chi connectivity index (χ4v) is 2.58. The van der Waals surface area contributed by atoms with Gasteiger partial charge >= 0.3 is 0 Å². The molecule has 0 saturated carbocycles. The molecule has 104 valence electrons. The zero-order valence-corrected chi connectivity index (χ0v) is 11.0. The molecule has 6 nitrogen and oxygen atoms in total. The standard InChI is InChI=1S/C15H11N3O3/c19-18(20)11-2-3-12-13(8-11)17-15(16-12)10-1-4-14-9(7-10)5-6-21-14/h1-4,7-8H,5-6H2,(H,16,17). The Morgan fingerprint density at radius 2 is 2.14 bits per heavy atom. The van der Waals surface area contributed by atoms with E-state index in [2.05, 4.69) is 16.0 Å². The largest absolute Gasteiger partial charge is 0.493 e. The number of benzene rings is 2. The predicted molar refractivity (Wildman–Crippen MR) is 77.4 cm³/mol. The highest BCUT2D eigenvalue weighted by atomic mass is 16.6. The molecule has 0 spiro atoms. The van der Waals surface area contributed by atoms with Gasteiger partial charge in [-0.2, -0.15) is 0 Å². The van der Waals surface area contributed by atoms with Gasteiger partial charge in [-0.1, -0.05) is 0 Å². The van der Waals surface area contributed by atoms with Crippen molar-refractivity contribution < 1.29 is 9.66 Å². The van der Waals surface area contributed by atoms with Crippen molar-refractivity contribution >= 4 is 16.7 Å². The van der Waals surface area contributed by atoms with E-state index in [1.54, 1.807) is 6.07 Å². The van der Waals surface area contributed by atoms with E-state index in [9.17, 15) is 10.1 Å². The van der Waals surface area contributed by atoms with Gasteiger partial charge in [0.05, 0.1) is 22.6 Å². The maximum absolute atomic E-state index is 10.8. The van der Waals surface area contributed by atoms with Crippen molar-refractivity contribution in [3.05, 3.63) is 52.1 Å². The molecule has 6 heteroatoms. The molecule has 0 unspecified atom stereocenters. The number of nitrogens with one attached hydrogen (secondary N) is 1. The summed E-state index contributed by atoms with van der Waals surface area (Å²) in [4.78, 5) is 18.0. The lowest BCUT2D eigenvalue weighted by Gasteiger charge is -2.00. The first kappa shape index (κ1) is 11.9. The number of hydrogen-bond acceptors (Lipinski definition) is 4. The molecule has 0 atom stereocenters. The van der Waals surface area contributed by atoms with Crippen molar-refractivity contribution in [2.45, 2.75) is 6.42 Å². The average molecular weight is 281 g/mol. The van der Waals surface area contributed by atoms with Gasteiger partial charge in [0, 0.05) is 24.1 Å². The third kappa shape index (κ3) is 1.92. The first-order chi connectivity index (χ1) is 10.2. The molecule has 21 heavy (non-hydrogen) atoms. The number of nitro groups is 1. The maximum atomic E-state index is 10.8. The topological polar surface area (TPSA) is 81.1 Å². The van der Waals surface area contributed by atoms with Crippen LogP contribution in [0.15, 0.2) is 36.4 Å². The summed E-state index contributed by atoms with van der Waals surface area (Å²) in [6.45, 7) is 0.713. The summed E-state index contributed by atoms with van der Waals surface area (Å²) in [7, 11) is 0. The van der Waals surface area contributed by atoms with E-state index in [-0.39, 0.29) is 5.69 Å². The van der Waals surface area contributed by atoms with E-state index in [0.29, 0.717) is 23.5 Å². The molecule has 0 fully saturated rings. The van der Waals surface area contributed by atoms with Crippen LogP contribution >= 0.6 is 0 Å². The number of rotatable bonds is 2. The highest BCUT2D eigenvalue weighted by Gasteiger charge is 2.15. The Morgan fingerprint density at radius 1 is 1.24 bits per heavy atom. The molecule has 3 aromatic rings. The minimum atomic E-state index is -0.410. The monoisotopic (exact) mass is 281 g/mol. The highest BCUT2D eigenvalue weighted by molar-refractivity contribution is 5.81. The van der Waals surface area contributed by atoms with Crippen LogP contribution in [-0.4, -0.2) is 21.5 Å². The number of nitro benzene ring substituents is 1. The molecule has 0 bridgehead atoms. The summed E-state index contributed by atoms with van der Waals surface area (Å²) in [5, 5.41) is 10.8. The predicted octanol–water partition coefficient (Wildman–Crippen LogP) is 3.07. The van der Waals surface area contributed by atoms with E-state index < -0.39 is 4.92 Å². The molecule has 0 radical (unpaired) electrons. The zero-order chi connectivity index (χ0) is 14.4. The Bertz CT molecular complexity index is 870. The Kier molecular flexibility index (Phi) is 2.44. The SMILES string of the molecule is O=[N+]([O-])c1ccc2nc(-c3ccc4c(c3)CCO4)[nH]c2c1. The van der Waals surface area contributed by atoms with E-state index in [4.69, 9.17) is 4.74 Å². The number of hydrogen-bond donors (Lipinski definition) is 1. The number of fused-ring (bicyclic) bond motifs is 2. The molecule has 0 amide bonds. The maximum Gasteiger partial charge on any atom is 0.271 e. The number of ether oxygens (including phenoxy) is 1. The first-order valence-electron chi connectivity index (χ1n) is 6.61. The fraction of sp³-hybridized carbons (Fsp3) is 0.133. The van der Waals surface area contributed by atoms with Crippen molar-refractivity contribution in [1.29, 1.82) is 0 Å². The summed E-state index contributed by atoms with van der Waals surface area (Å²) in [5.41, 5.74) is 3.56. The van der Waals surface area contributed by atoms with E-state index >= 15 is 0 Å². The Hall–Kier alpha value is -2.89. The highest BCUT2D eigenvalue weighted by Crippen LogP contribution is 2.30. The number of nitrogens with zero attached hydrogens (tertiary/aromatic N) is 2. The number of aromatic amines is 1. The smallest absolute Gasteiger partial charge is 0.271 e. The molecular formula is C15H11N3O3. The van der Waals surface area contributed by atoms with Gasteiger partial charge in [0.25, 0.3) is 5.69 Å². The van der Waals surface area contributed by atoms with Crippen LogP contribution in [0, 0.1) is 10.1 Å². The Morgan fingerprint density at radius 3 is 3.00 bits per heavy atom. The van der Waals surface area contributed by atoms with Gasteiger partial charge in [-0.15, -0.1) is 0 Å². The molecule has 2 heterocycles. The second-order valence-electron chi connectivity index (χ2n) is 4.96. The minimum absolute atomic E-state index is 0.0556. The molecule has 1 aliphatic rings. The molecule has 0 aliphatic carbocycles. The summed E-state index contributed by atoms with van der Waals surface area (Å²) >= 11 is 0. The first-order valence-corrected chi connectivity index (χ1v) is 6.61. The molecule has 0 saturated heterocycles. The second-order valence-corrected chi connectivity index (χ2v) is 4.96. The van der Waals surface area contributed by atoms with Crippen molar-refractivity contribution in [2.24, 2.45) is 0 Å². The average Bonchev–Trinajstić information content (AvgIpc) is 3.11. The summed E-state index contributed by atoms with van der Waals surface area (Å²) in [6.07, 6.45) is 0.898. The van der Waals surface area contributed by atoms with Gasteiger partial charge in [-0.3, -0.25) is 10.1 Å². The van der Waals surface area contributed by atoms with Gasteiger partial charge in [0.15, 0.2) is 0 Å². The summed E-state index contributed by atoms with van der Waals surface area (Å²) < 4.78 is 5.48. The molecular weight excluding hydrogens is 270 g/mol. The van der Waals surface area contributed by atoms with Crippen LogP contribution in [0.3, 0.4) is 0 Å². The molecule has 4 rings (SSSR count). The van der Waals surface area contributed by atoms with Gasteiger partial charge in [0.2, 0.25) is 0 Å². The van der Waals surface area contributed by atoms with Crippen molar-refractivity contribution in [3.8, 4) is 17.1 Å². The van der Waals surface area contributed by atoms with E-state index in [1.807, 2.05) is 12.1 Å². The van der Waals surface area contributed by atoms with Crippen LogP contribution in [0.2, 0.25) is 0 Å². The van der Waals surface area contributed by atoms with Crippen LogP contribution in [0.4, 0.5) is 5.69 Å². The second kappa shape index (κ2) is 4.31. The van der Waals surface area contributed by atoms with Crippen LogP contribution in [-0.2, 0) is 6.42 Å². The van der Waals surface area contributed by atoms with Crippen molar-refractivity contribution in [2.75, 3.05) is 6.61 Å². The van der Waals surface area contributed by atoms with Gasteiger partial charge in [0.1, 0.15) is 11.6 Å². The lowest BCUT2D eigenvalue weighted by atomic mass is 10.1. The van der Waals surface area contributed by atoms with Gasteiger partial charge < -0.3 is 9.72 Å². The lowest BCUT2D eigenvalue weighted by Crippen LogP contribution is -1.86. The summed E-state index contributed by atoms with van der Waals surface area (Å²) in [5.74, 6) is 1.63. The van der Waals surface area contributed by atoms with Crippen LogP contribution in [0.5, 0.6) is 5.75 Å². The van der Waals surface area contributed by atoms with Gasteiger partial charge in [-0.05, 0) is 29.8 Å².